The van der Waals surface area contributed by atoms with Crippen LogP contribution >= 0.6 is 0 Å². The number of quaternary nitrogens is 1. The number of rotatable bonds is 3. The highest BCUT2D eigenvalue weighted by molar-refractivity contribution is 4.39. The van der Waals surface area contributed by atoms with Crippen molar-refractivity contribution in [2.75, 3.05) is 27.4 Å². The van der Waals surface area contributed by atoms with Gasteiger partial charge < -0.3 is 5.11 Å². The molecule has 0 fully saturated rings. The van der Waals surface area contributed by atoms with E-state index in [2.05, 4.69) is 0 Å². The molecule has 3 heteroatoms. The van der Waals surface area contributed by atoms with E-state index >= 15 is 0 Å². The Kier molecular flexibility index (Phi) is 3.08. The first-order chi connectivity index (χ1) is 3.98. The Morgan fingerprint density at radius 1 is 1.56 bits per heavy atom. The lowest BCUT2D eigenvalue weighted by atomic mass is 10.3. The number of hydrogen-bond acceptors (Lipinski definition) is 1. The van der Waals surface area contributed by atoms with Crippen LogP contribution in [0.3, 0.4) is 0 Å². The standard InChI is InChI=1S/C6H15FNO/c1-6(9)4-8(2,3)5-7/h6,9H,4-5H2,1-3H3/q+1/t6-/m0/s1. The summed E-state index contributed by atoms with van der Waals surface area (Å²) in [5, 5.41) is 8.84. The molecule has 9 heavy (non-hydrogen) atoms. The second-order valence-electron chi connectivity index (χ2n) is 3.09. The maximum atomic E-state index is 12.0. The van der Waals surface area contributed by atoms with Gasteiger partial charge in [-0.25, -0.2) is 0 Å². The largest absolute Gasteiger partial charge is 0.388 e. The fourth-order valence-corrected chi connectivity index (χ4v) is 0.764. The van der Waals surface area contributed by atoms with Crippen LogP contribution in [0.1, 0.15) is 6.92 Å². The predicted octanol–water partition coefficient (Wildman–Crippen LogP) is 0.371. The highest BCUT2D eigenvalue weighted by atomic mass is 19.1. The molecule has 1 N–H and O–H groups in total. The van der Waals surface area contributed by atoms with Gasteiger partial charge in [0.25, 0.3) is 0 Å². The quantitative estimate of drug-likeness (QED) is 0.439. The Morgan fingerprint density at radius 3 is 2.11 bits per heavy atom. The summed E-state index contributed by atoms with van der Waals surface area (Å²) in [4.78, 5) is 0. The van der Waals surface area contributed by atoms with Crippen molar-refractivity contribution in [1.82, 2.24) is 0 Å². The molecule has 0 heterocycles. The van der Waals surface area contributed by atoms with Gasteiger partial charge in [0.05, 0.1) is 14.1 Å². The van der Waals surface area contributed by atoms with Crippen molar-refractivity contribution in [3.63, 3.8) is 0 Å². The van der Waals surface area contributed by atoms with Crippen LogP contribution in [0.15, 0.2) is 0 Å². The van der Waals surface area contributed by atoms with E-state index in [1.807, 2.05) is 0 Å². The van der Waals surface area contributed by atoms with Crippen molar-refractivity contribution >= 4 is 0 Å². The molecule has 0 aliphatic rings. The molecule has 1 atom stereocenters. The molecule has 0 unspecified atom stereocenters. The van der Waals surface area contributed by atoms with E-state index in [0.717, 1.165) is 0 Å². The summed E-state index contributed by atoms with van der Waals surface area (Å²) < 4.78 is 12.2. The maximum Gasteiger partial charge on any atom is 0.221 e. The molecule has 0 rings (SSSR count). The van der Waals surface area contributed by atoms with Crippen LogP contribution in [0.2, 0.25) is 0 Å². The van der Waals surface area contributed by atoms with Crippen molar-refractivity contribution in [1.29, 1.82) is 0 Å². The van der Waals surface area contributed by atoms with E-state index in [4.69, 9.17) is 5.11 Å². The van der Waals surface area contributed by atoms with Crippen LogP contribution in [0.25, 0.3) is 0 Å². The second-order valence-corrected chi connectivity index (χ2v) is 3.09. The molecule has 0 amide bonds. The zero-order valence-electron chi connectivity index (χ0n) is 6.26. The van der Waals surface area contributed by atoms with Gasteiger partial charge in [-0.05, 0) is 6.92 Å². The third-order valence-corrected chi connectivity index (χ3v) is 1.08. The molecule has 2 nitrogen and oxygen atoms in total. The van der Waals surface area contributed by atoms with E-state index in [1.165, 1.54) is 0 Å². The number of aliphatic hydroxyl groups excluding tert-OH is 1. The van der Waals surface area contributed by atoms with Crippen molar-refractivity contribution in [3.05, 3.63) is 0 Å². The van der Waals surface area contributed by atoms with Crippen molar-refractivity contribution in [3.8, 4) is 0 Å². The molecule has 0 aromatic heterocycles. The van der Waals surface area contributed by atoms with Gasteiger partial charge in [-0.3, -0.25) is 4.48 Å². The number of hydrogen-bond donors (Lipinski definition) is 1. The summed E-state index contributed by atoms with van der Waals surface area (Å²) in [5.74, 6) is 0. The molecule has 0 bridgehead atoms. The van der Waals surface area contributed by atoms with Crippen molar-refractivity contribution in [2.24, 2.45) is 0 Å². The molecule has 0 saturated carbocycles. The van der Waals surface area contributed by atoms with E-state index in [9.17, 15) is 4.39 Å². The summed E-state index contributed by atoms with van der Waals surface area (Å²) in [6.45, 7) is 1.71. The average molecular weight is 136 g/mol. The highest BCUT2D eigenvalue weighted by Crippen LogP contribution is 1.98. The van der Waals surface area contributed by atoms with Crippen LogP contribution < -0.4 is 0 Å². The van der Waals surface area contributed by atoms with E-state index in [1.54, 1.807) is 21.0 Å². The van der Waals surface area contributed by atoms with Gasteiger partial charge >= 0.3 is 0 Å². The summed E-state index contributed by atoms with van der Waals surface area (Å²) in [7, 11) is 3.49. The lowest BCUT2D eigenvalue weighted by Gasteiger charge is -2.26. The number of likely N-dealkylation sites (N-methyl/N-ethyl adjacent to an activating group) is 1. The number of halogens is 1. The van der Waals surface area contributed by atoms with Crippen LogP contribution in [-0.4, -0.2) is 43.1 Å². The van der Waals surface area contributed by atoms with Crippen molar-refractivity contribution in [2.45, 2.75) is 13.0 Å². The lowest BCUT2D eigenvalue weighted by Crippen LogP contribution is -2.43. The van der Waals surface area contributed by atoms with Crippen molar-refractivity contribution < 1.29 is 14.0 Å². The Bertz CT molecular complexity index is 83.1. The SMILES string of the molecule is C[C@H](O)C[N+](C)(C)CF. The zero-order valence-corrected chi connectivity index (χ0v) is 6.26. The third-order valence-electron chi connectivity index (χ3n) is 1.08. The van der Waals surface area contributed by atoms with Crippen LogP contribution in [0, 0.1) is 0 Å². The normalized spacial score (nSPS) is 15.7. The van der Waals surface area contributed by atoms with Gasteiger partial charge in [0.1, 0.15) is 12.6 Å². The molecule has 56 valence electrons. The lowest BCUT2D eigenvalue weighted by molar-refractivity contribution is -0.905. The fraction of sp³-hybridized carbons (Fsp3) is 1.00. The molecule has 0 aromatic carbocycles. The molecule has 0 aromatic rings. The zero-order chi connectivity index (χ0) is 7.49. The summed E-state index contributed by atoms with van der Waals surface area (Å²) >= 11 is 0. The van der Waals surface area contributed by atoms with Gasteiger partial charge in [-0.15, -0.1) is 0 Å². The molecule has 0 aliphatic carbocycles. The monoisotopic (exact) mass is 136 g/mol. The summed E-state index contributed by atoms with van der Waals surface area (Å²) in [6.07, 6.45) is -0.421. The minimum Gasteiger partial charge on any atom is -0.388 e. The van der Waals surface area contributed by atoms with Crippen LogP contribution in [0.4, 0.5) is 4.39 Å². The number of nitrogens with zero attached hydrogens (tertiary/aromatic N) is 1. The highest BCUT2D eigenvalue weighted by Gasteiger charge is 2.16. The van der Waals surface area contributed by atoms with Crippen LogP contribution in [-0.2, 0) is 0 Å². The molecule has 0 aliphatic heterocycles. The van der Waals surface area contributed by atoms with E-state index in [0.29, 0.717) is 6.54 Å². The maximum absolute atomic E-state index is 12.0. The molecule has 0 saturated heterocycles. The van der Waals surface area contributed by atoms with Crippen LogP contribution in [0.5, 0.6) is 0 Å². The molecular weight excluding hydrogens is 121 g/mol. The van der Waals surface area contributed by atoms with Gasteiger partial charge in [0.15, 0.2) is 0 Å². The van der Waals surface area contributed by atoms with E-state index in [-0.39, 0.29) is 4.48 Å². The third kappa shape index (κ3) is 4.36. The number of alkyl halides is 1. The second kappa shape index (κ2) is 3.13. The topological polar surface area (TPSA) is 20.2 Å². The predicted molar refractivity (Wildman–Crippen MR) is 34.6 cm³/mol. The van der Waals surface area contributed by atoms with Gasteiger partial charge in [-0.2, -0.15) is 4.39 Å². The minimum absolute atomic E-state index is 0.234. The Balaban J connectivity index is 3.58. The van der Waals surface area contributed by atoms with Gasteiger partial charge in [0.2, 0.25) is 6.80 Å². The first-order valence-electron chi connectivity index (χ1n) is 3.04. The Hall–Kier alpha value is -0.150. The fourth-order valence-electron chi connectivity index (χ4n) is 0.764. The minimum atomic E-state index is -0.426. The Labute approximate surface area is 55.5 Å². The first-order valence-corrected chi connectivity index (χ1v) is 3.04. The number of aliphatic hydroxyl groups is 1. The average Bonchev–Trinajstić information content (AvgIpc) is 1.63. The first kappa shape index (κ1) is 8.85. The van der Waals surface area contributed by atoms with Gasteiger partial charge in [0, 0.05) is 0 Å². The molecule has 0 spiro atoms. The smallest absolute Gasteiger partial charge is 0.221 e. The summed E-state index contributed by atoms with van der Waals surface area (Å²) in [6, 6.07) is 0. The Morgan fingerprint density at radius 2 is 2.00 bits per heavy atom. The van der Waals surface area contributed by atoms with E-state index < -0.39 is 12.9 Å². The molecular formula is C6H15FNO+. The van der Waals surface area contributed by atoms with Gasteiger partial charge in [-0.1, -0.05) is 0 Å². The summed E-state index contributed by atoms with van der Waals surface area (Å²) in [5.41, 5.74) is 0. The molecule has 0 radical (unpaired) electrons.